The Kier molecular flexibility index (Phi) is 7.80. The van der Waals surface area contributed by atoms with Gasteiger partial charge in [0.1, 0.15) is 5.75 Å². The van der Waals surface area contributed by atoms with E-state index in [4.69, 9.17) is 19.4 Å². The molecule has 0 bridgehead atoms. The number of ether oxygens (including phenoxy) is 2. The van der Waals surface area contributed by atoms with E-state index in [-0.39, 0.29) is 12.6 Å². The lowest BCUT2D eigenvalue weighted by Gasteiger charge is -2.04. The van der Waals surface area contributed by atoms with Gasteiger partial charge in [-0.1, -0.05) is 18.2 Å². The first-order chi connectivity index (χ1) is 9.27. The van der Waals surface area contributed by atoms with Crippen LogP contribution < -0.4 is 4.74 Å². The summed E-state index contributed by atoms with van der Waals surface area (Å²) in [5.41, 5.74) is 0. The highest BCUT2D eigenvalue weighted by Crippen LogP contribution is 2.13. The fourth-order valence-electron chi connectivity index (χ4n) is 0.862. The largest absolute Gasteiger partial charge is 0.490 e. The summed E-state index contributed by atoms with van der Waals surface area (Å²) >= 11 is 0. The average Bonchev–Trinajstić information content (AvgIpc) is 2.37. The lowest BCUT2D eigenvalue weighted by molar-refractivity contribution is -0.192. The van der Waals surface area contributed by atoms with Crippen LogP contribution in [0.2, 0.25) is 0 Å². The van der Waals surface area contributed by atoms with Gasteiger partial charge >= 0.3 is 18.1 Å². The second kappa shape index (κ2) is 8.78. The number of carbonyl (C=O) groups excluding carboxylic acids is 1. The highest BCUT2D eigenvalue weighted by molar-refractivity contribution is 5.73. The van der Waals surface area contributed by atoms with Crippen LogP contribution in [0.15, 0.2) is 30.3 Å². The van der Waals surface area contributed by atoms with Crippen molar-refractivity contribution in [1.82, 2.24) is 0 Å². The zero-order valence-corrected chi connectivity index (χ0v) is 10.5. The van der Waals surface area contributed by atoms with Gasteiger partial charge in [-0.25, -0.2) is 9.59 Å². The SMILES string of the molecule is CCOC(=O)COc1ccccc1.O=C(O)C(F)(F)F. The summed E-state index contributed by atoms with van der Waals surface area (Å²) in [5.74, 6) is -2.42. The summed E-state index contributed by atoms with van der Waals surface area (Å²) in [7, 11) is 0. The number of hydrogen-bond acceptors (Lipinski definition) is 4. The molecule has 0 aliphatic rings. The van der Waals surface area contributed by atoms with Crippen LogP contribution in [0.3, 0.4) is 0 Å². The monoisotopic (exact) mass is 294 g/mol. The molecular weight excluding hydrogens is 281 g/mol. The number of carboxylic acid groups (broad SMARTS) is 1. The van der Waals surface area contributed by atoms with E-state index in [1.165, 1.54) is 0 Å². The van der Waals surface area contributed by atoms with Gasteiger partial charge in [-0.15, -0.1) is 0 Å². The number of para-hydroxylation sites is 1. The first-order valence-electron chi connectivity index (χ1n) is 5.41. The molecule has 0 saturated heterocycles. The molecule has 0 atom stereocenters. The molecule has 8 heteroatoms. The van der Waals surface area contributed by atoms with Gasteiger partial charge in [-0.05, 0) is 19.1 Å². The molecule has 1 aromatic rings. The first kappa shape index (κ1) is 17.8. The molecule has 112 valence electrons. The summed E-state index contributed by atoms with van der Waals surface area (Å²) < 4.78 is 41.6. The number of rotatable bonds is 4. The van der Waals surface area contributed by atoms with E-state index in [1.54, 1.807) is 19.1 Å². The van der Waals surface area contributed by atoms with Crippen LogP contribution in [0, 0.1) is 0 Å². The molecule has 0 radical (unpaired) electrons. The zero-order chi connectivity index (χ0) is 15.6. The summed E-state index contributed by atoms with van der Waals surface area (Å²) in [6.07, 6.45) is -5.08. The summed E-state index contributed by atoms with van der Waals surface area (Å²) in [4.78, 5) is 19.8. The molecule has 5 nitrogen and oxygen atoms in total. The number of carbonyl (C=O) groups is 2. The van der Waals surface area contributed by atoms with Crippen LogP contribution in [0.5, 0.6) is 5.75 Å². The van der Waals surface area contributed by atoms with E-state index in [9.17, 15) is 18.0 Å². The van der Waals surface area contributed by atoms with E-state index in [0.717, 1.165) is 0 Å². The predicted molar refractivity (Wildman–Crippen MR) is 62.3 cm³/mol. The first-order valence-corrected chi connectivity index (χ1v) is 5.41. The zero-order valence-electron chi connectivity index (χ0n) is 10.5. The van der Waals surface area contributed by atoms with Crippen molar-refractivity contribution in [3.8, 4) is 5.75 Å². The van der Waals surface area contributed by atoms with Gasteiger partial charge in [0.2, 0.25) is 0 Å². The van der Waals surface area contributed by atoms with Gasteiger partial charge in [0.25, 0.3) is 0 Å². The number of aliphatic carboxylic acids is 1. The van der Waals surface area contributed by atoms with E-state index >= 15 is 0 Å². The topological polar surface area (TPSA) is 72.8 Å². The molecule has 0 fully saturated rings. The minimum atomic E-state index is -5.08. The second-order valence-corrected chi connectivity index (χ2v) is 3.21. The molecule has 1 aromatic carbocycles. The smallest absolute Gasteiger partial charge is 0.482 e. The molecule has 0 aliphatic heterocycles. The lowest BCUT2D eigenvalue weighted by atomic mass is 10.3. The van der Waals surface area contributed by atoms with Crippen LogP contribution >= 0.6 is 0 Å². The van der Waals surface area contributed by atoms with Crippen LogP contribution in [0.1, 0.15) is 6.92 Å². The molecule has 0 aliphatic carbocycles. The summed E-state index contributed by atoms with van der Waals surface area (Å²) in [6, 6.07) is 9.16. The maximum atomic E-state index is 10.9. The Morgan fingerprint density at radius 3 is 2.10 bits per heavy atom. The molecule has 1 rings (SSSR count). The molecule has 20 heavy (non-hydrogen) atoms. The van der Waals surface area contributed by atoms with Crippen molar-refractivity contribution in [3.05, 3.63) is 30.3 Å². The van der Waals surface area contributed by atoms with Crippen LogP contribution in [-0.4, -0.2) is 36.4 Å². The molecule has 0 spiro atoms. The van der Waals surface area contributed by atoms with Crippen molar-refractivity contribution in [2.24, 2.45) is 0 Å². The Morgan fingerprint density at radius 2 is 1.70 bits per heavy atom. The molecular formula is C12H13F3O5. The van der Waals surface area contributed by atoms with Crippen molar-refractivity contribution in [2.45, 2.75) is 13.1 Å². The van der Waals surface area contributed by atoms with E-state index in [0.29, 0.717) is 12.4 Å². The summed E-state index contributed by atoms with van der Waals surface area (Å²) in [5, 5.41) is 7.12. The molecule has 0 unspecified atom stereocenters. The fraction of sp³-hybridized carbons (Fsp3) is 0.333. The minimum Gasteiger partial charge on any atom is -0.482 e. The van der Waals surface area contributed by atoms with Gasteiger partial charge in [-0.3, -0.25) is 0 Å². The van der Waals surface area contributed by atoms with Crippen LogP contribution in [0.25, 0.3) is 0 Å². The van der Waals surface area contributed by atoms with E-state index < -0.39 is 12.1 Å². The normalized spacial score (nSPS) is 10.0. The molecule has 1 N–H and O–H groups in total. The van der Waals surface area contributed by atoms with Crippen molar-refractivity contribution < 1.29 is 37.3 Å². The van der Waals surface area contributed by atoms with Gasteiger partial charge < -0.3 is 14.6 Å². The predicted octanol–water partition coefficient (Wildman–Crippen LogP) is 2.26. The highest BCUT2D eigenvalue weighted by atomic mass is 19.4. The fourth-order valence-corrected chi connectivity index (χ4v) is 0.862. The van der Waals surface area contributed by atoms with Gasteiger partial charge in [0, 0.05) is 0 Å². The number of hydrogen-bond donors (Lipinski definition) is 1. The number of benzene rings is 1. The minimum absolute atomic E-state index is 0.0299. The molecule has 0 aromatic heterocycles. The number of halogens is 3. The number of alkyl halides is 3. The van der Waals surface area contributed by atoms with Gasteiger partial charge in [-0.2, -0.15) is 13.2 Å². The quantitative estimate of drug-likeness (QED) is 0.862. The van der Waals surface area contributed by atoms with Gasteiger partial charge in [0.15, 0.2) is 6.61 Å². The van der Waals surface area contributed by atoms with E-state index in [2.05, 4.69) is 0 Å². The number of esters is 1. The molecule has 0 saturated carbocycles. The Hall–Kier alpha value is -2.25. The van der Waals surface area contributed by atoms with Crippen molar-refractivity contribution in [2.75, 3.05) is 13.2 Å². The molecule has 0 amide bonds. The third kappa shape index (κ3) is 8.78. The maximum Gasteiger partial charge on any atom is 0.490 e. The van der Waals surface area contributed by atoms with Crippen LogP contribution in [-0.2, 0) is 14.3 Å². The third-order valence-corrected chi connectivity index (χ3v) is 1.65. The second-order valence-electron chi connectivity index (χ2n) is 3.21. The third-order valence-electron chi connectivity index (χ3n) is 1.65. The van der Waals surface area contributed by atoms with Crippen molar-refractivity contribution in [3.63, 3.8) is 0 Å². The Morgan fingerprint density at radius 1 is 1.20 bits per heavy atom. The van der Waals surface area contributed by atoms with Crippen LogP contribution in [0.4, 0.5) is 13.2 Å². The highest BCUT2D eigenvalue weighted by Gasteiger charge is 2.38. The standard InChI is InChI=1S/C10H12O3.C2HF3O2/c1-2-12-10(11)8-13-9-6-4-3-5-7-9;3-2(4,5)1(6)7/h3-7H,2,8H2,1H3;(H,6,7). The Labute approximate surface area is 112 Å². The number of carboxylic acids is 1. The Bertz CT molecular complexity index is 417. The van der Waals surface area contributed by atoms with Crippen molar-refractivity contribution in [1.29, 1.82) is 0 Å². The summed E-state index contributed by atoms with van der Waals surface area (Å²) in [6.45, 7) is 2.12. The van der Waals surface area contributed by atoms with Gasteiger partial charge in [0.05, 0.1) is 6.61 Å². The maximum absolute atomic E-state index is 10.9. The Balaban J connectivity index is 0.000000441. The van der Waals surface area contributed by atoms with Crippen molar-refractivity contribution >= 4 is 11.9 Å². The molecule has 0 heterocycles. The average molecular weight is 294 g/mol. The van der Waals surface area contributed by atoms with E-state index in [1.807, 2.05) is 18.2 Å². The lowest BCUT2D eigenvalue weighted by Crippen LogP contribution is -2.21.